The van der Waals surface area contributed by atoms with E-state index in [1.54, 1.807) is 9.59 Å². The third-order valence-electron chi connectivity index (χ3n) is 13.4. The molecule has 1 unspecified atom stereocenters. The minimum absolute atomic E-state index is 0.0765. The maximum Gasteiger partial charge on any atom is 0.115 e. The summed E-state index contributed by atoms with van der Waals surface area (Å²) in [6.07, 6.45) is 7.83. The van der Waals surface area contributed by atoms with Gasteiger partial charge in [-0.05, 0) is 124 Å². The zero-order valence-electron chi connectivity index (χ0n) is 38.0. The fourth-order valence-electron chi connectivity index (χ4n) is 9.88. The molecule has 0 aliphatic heterocycles. The fraction of sp³-hybridized carbons (Fsp3) is 0.0323. The minimum atomic E-state index is 0.0765. The van der Waals surface area contributed by atoms with Crippen molar-refractivity contribution < 1.29 is 0 Å². The van der Waals surface area contributed by atoms with Crippen molar-refractivity contribution in [2.75, 3.05) is 9.80 Å². The number of aromatic nitrogens is 6. The summed E-state index contributed by atoms with van der Waals surface area (Å²) in [7, 11) is 0. The van der Waals surface area contributed by atoms with Crippen molar-refractivity contribution in [3.8, 4) is 22.5 Å². The number of anilines is 5. The van der Waals surface area contributed by atoms with E-state index < -0.39 is 0 Å². The molecule has 10 aromatic carbocycles. The summed E-state index contributed by atoms with van der Waals surface area (Å²) in [4.78, 5) is 8.20. The monoisotopic (exact) mass is 900 g/mol. The summed E-state index contributed by atoms with van der Waals surface area (Å²) < 4.78 is 0. The van der Waals surface area contributed by atoms with Gasteiger partial charge in [0.15, 0.2) is 0 Å². The smallest absolute Gasteiger partial charge is 0.115 e. The molecule has 2 heterocycles. The first kappa shape index (κ1) is 40.8. The third-order valence-corrected chi connectivity index (χ3v) is 13.4. The van der Waals surface area contributed by atoms with Crippen LogP contribution in [0.3, 0.4) is 0 Å². The average Bonchev–Trinajstić information content (AvgIpc) is 4.07. The Bertz CT molecular complexity index is 3920. The molecule has 8 heteroatoms. The lowest BCUT2D eigenvalue weighted by Crippen LogP contribution is -2.30. The van der Waals surface area contributed by atoms with E-state index in [1.807, 2.05) is 60.7 Å². The highest BCUT2D eigenvalue weighted by molar-refractivity contribution is 6.00. The summed E-state index contributed by atoms with van der Waals surface area (Å²) in [5.74, 6) is 0. The lowest BCUT2D eigenvalue weighted by molar-refractivity contribution is 0.765. The van der Waals surface area contributed by atoms with Crippen molar-refractivity contribution in [1.29, 1.82) is 0 Å². The molecule has 8 nitrogen and oxygen atoms in total. The summed E-state index contributed by atoms with van der Waals surface area (Å²) in [5.41, 5.74) is 15.3. The van der Waals surface area contributed by atoms with E-state index in [1.165, 1.54) is 32.7 Å². The van der Waals surface area contributed by atoms with Crippen LogP contribution in [0, 0.1) is 0 Å². The van der Waals surface area contributed by atoms with Gasteiger partial charge in [0.1, 0.15) is 22.1 Å². The van der Waals surface area contributed by atoms with E-state index in [4.69, 9.17) is 20.4 Å². The van der Waals surface area contributed by atoms with E-state index in [0.29, 0.717) is 0 Å². The Labute approximate surface area is 404 Å². The predicted molar refractivity (Wildman–Crippen MR) is 287 cm³/mol. The van der Waals surface area contributed by atoms with Gasteiger partial charge in [-0.15, -0.1) is 20.4 Å². The minimum Gasteiger partial charge on any atom is -0.334 e. The second kappa shape index (κ2) is 17.4. The van der Waals surface area contributed by atoms with Gasteiger partial charge < -0.3 is 9.80 Å². The maximum absolute atomic E-state index is 4.91. The van der Waals surface area contributed by atoms with Crippen molar-refractivity contribution in [3.05, 3.63) is 254 Å². The van der Waals surface area contributed by atoms with Crippen LogP contribution < -0.4 is 9.80 Å². The zero-order valence-corrected chi connectivity index (χ0v) is 38.0. The van der Waals surface area contributed by atoms with Gasteiger partial charge in [-0.3, -0.25) is 0 Å². The normalized spacial score (nSPS) is 13.5. The van der Waals surface area contributed by atoms with Gasteiger partial charge in [0.2, 0.25) is 0 Å². The van der Waals surface area contributed by atoms with E-state index in [2.05, 4.69) is 198 Å². The van der Waals surface area contributed by atoms with Gasteiger partial charge in [-0.25, -0.2) is 0 Å². The van der Waals surface area contributed by atoms with Gasteiger partial charge in [0.25, 0.3) is 0 Å². The molecule has 0 amide bonds. The fourth-order valence-corrected chi connectivity index (χ4v) is 9.88. The van der Waals surface area contributed by atoms with Crippen LogP contribution in [0.25, 0.3) is 71.7 Å². The lowest BCUT2D eigenvalue weighted by atomic mass is 9.94. The highest BCUT2D eigenvalue weighted by Gasteiger charge is 2.24. The predicted octanol–water partition coefficient (Wildman–Crippen LogP) is 15.1. The van der Waals surface area contributed by atoms with Crippen LogP contribution in [0.5, 0.6) is 0 Å². The van der Waals surface area contributed by atoms with Gasteiger partial charge >= 0.3 is 0 Å². The average molecular weight is 901 g/mol. The van der Waals surface area contributed by atoms with Gasteiger partial charge in [-0.2, -0.15) is 9.59 Å². The summed E-state index contributed by atoms with van der Waals surface area (Å²) in [6, 6.07) is 81.0. The molecule has 0 radical (unpaired) electrons. The lowest BCUT2D eigenvalue weighted by Gasteiger charge is -2.34. The van der Waals surface area contributed by atoms with Crippen molar-refractivity contribution >= 4 is 77.6 Å². The van der Waals surface area contributed by atoms with Crippen molar-refractivity contribution in [3.63, 3.8) is 0 Å². The summed E-state index contributed by atoms with van der Waals surface area (Å²) >= 11 is 0. The van der Waals surface area contributed by atoms with Crippen molar-refractivity contribution in [1.82, 2.24) is 30.0 Å². The van der Waals surface area contributed by atoms with Crippen LogP contribution >= 0.6 is 0 Å². The Morgan fingerprint density at radius 1 is 0.386 bits per heavy atom. The Morgan fingerprint density at radius 2 is 0.857 bits per heavy atom. The number of para-hydroxylation sites is 2. The zero-order chi connectivity index (χ0) is 46.4. The molecule has 0 bridgehead atoms. The molecular weight excluding hydrogens is 857 g/mol. The second-order valence-electron chi connectivity index (χ2n) is 17.6. The number of allylic oxidation sites excluding steroid dienone is 2. The summed E-state index contributed by atoms with van der Waals surface area (Å²) in [6.45, 7) is 0. The standard InChI is InChI=1S/C62H44N8/c1-3-17-51(18-4-1)69-63-57-39-37-53(41-59(57)65-69)67(61-23-11-15-47-13-7-9-21-55(47)61)49-33-29-45(30-34-49)43-25-27-44(28-26-43)46-31-35-50(36-32-46)68(62-24-12-16-48-14-8-10-22-56(48)62)54-38-40-58-60(42-54)66-70(64-58)52-19-5-2-6-20-52/h1-35,37-42,50H,36H2. The van der Waals surface area contributed by atoms with Crippen LogP contribution in [0.4, 0.5) is 28.4 Å². The molecule has 2 aromatic heterocycles. The molecule has 0 fully saturated rings. The molecule has 70 heavy (non-hydrogen) atoms. The highest BCUT2D eigenvalue weighted by atomic mass is 15.5. The van der Waals surface area contributed by atoms with Gasteiger partial charge in [0, 0.05) is 33.5 Å². The first-order valence-corrected chi connectivity index (χ1v) is 23.7. The molecule has 0 saturated heterocycles. The number of hydrogen-bond acceptors (Lipinski definition) is 6. The number of benzene rings is 10. The molecular formula is C62H44N8. The van der Waals surface area contributed by atoms with Gasteiger partial charge in [0.05, 0.1) is 23.1 Å². The largest absolute Gasteiger partial charge is 0.334 e. The van der Waals surface area contributed by atoms with Crippen LogP contribution in [0.15, 0.2) is 249 Å². The highest BCUT2D eigenvalue weighted by Crippen LogP contribution is 2.42. The van der Waals surface area contributed by atoms with Crippen molar-refractivity contribution in [2.24, 2.45) is 0 Å². The van der Waals surface area contributed by atoms with Crippen LogP contribution in [0.1, 0.15) is 12.0 Å². The number of rotatable bonds is 10. The number of hydrogen-bond donors (Lipinski definition) is 0. The molecule has 1 atom stereocenters. The molecule has 13 rings (SSSR count). The molecule has 0 N–H and O–H groups in total. The summed E-state index contributed by atoms with van der Waals surface area (Å²) in [5, 5.41) is 24.2. The van der Waals surface area contributed by atoms with E-state index in [9.17, 15) is 0 Å². The third kappa shape index (κ3) is 7.54. The second-order valence-corrected chi connectivity index (χ2v) is 17.6. The van der Waals surface area contributed by atoms with Gasteiger partial charge in [-0.1, -0.05) is 164 Å². The topological polar surface area (TPSA) is 67.9 Å². The quantitative estimate of drug-likeness (QED) is 0.136. The molecule has 0 spiro atoms. The van der Waals surface area contributed by atoms with E-state index in [-0.39, 0.29) is 6.04 Å². The van der Waals surface area contributed by atoms with E-state index in [0.717, 1.165) is 79.4 Å². The molecule has 12 aromatic rings. The maximum atomic E-state index is 4.91. The Hall–Kier alpha value is -9.40. The SMILES string of the molecule is C1=CC(N(c2ccc3nn(-c4ccccc4)nc3c2)c2cccc3ccccc23)CC=C1c1ccc(-c2ccc(N(c3ccc4nn(-c5ccccc5)nc4c3)c3cccc4ccccc34)cc2)cc1. The Balaban J connectivity index is 0.786. The van der Waals surface area contributed by atoms with Crippen LogP contribution in [0.2, 0.25) is 0 Å². The molecule has 332 valence electrons. The molecule has 0 saturated carbocycles. The first-order chi connectivity index (χ1) is 34.7. The van der Waals surface area contributed by atoms with Crippen molar-refractivity contribution in [2.45, 2.75) is 12.5 Å². The van der Waals surface area contributed by atoms with Crippen LogP contribution in [-0.4, -0.2) is 36.0 Å². The number of fused-ring (bicyclic) bond motifs is 4. The molecule has 1 aliphatic carbocycles. The van der Waals surface area contributed by atoms with Crippen LogP contribution in [-0.2, 0) is 0 Å². The molecule has 1 aliphatic rings. The first-order valence-electron chi connectivity index (χ1n) is 23.7. The Kier molecular flexibility index (Phi) is 10.1. The number of nitrogens with zero attached hydrogens (tertiary/aromatic N) is 8. The van der Waals surface area contributed by atoms with E-state index >= 15 is 0 Å². The Morgan fingerprint density at radius 3 is 1.46 bits per heavy atom.